The van der Waals surface area contributed by atoms with Gasteiger partial charge in [-0.25, -0.2) is 3.11 Å². The summed E-state index contributed by atoms with van der Waals surface area (Å²) < 4.78 is 3.03. The summed E-state index contributed by atoms with van der Waals surface area (Å²) in [6.45, 7) is 4.49. The first-order valence-corrected chi connectivity index (χ1v) is 5.22. The van der Waals surface area contributed by atoms with Crippen molar-refractivity contribution in [2.75, 3.05) is 13.1 Å². The third-order valence-electron chi connectivity index (χ3n) is 1.44. The predicted octanol–water partition coefficient (Wildman–Crippen LogP) is 1.39. The monoisotopic (exact) mass is 352 g/mol. The molecule has 0 aliphatic carbocycles. The Hall–Kier alpha value is 1.38. The number of hydrogen-bond donors (Lipinski definition) is 1. The molecule has 1 fully saturated rings. The van der Waals surface area contributed by atoms with Gasteiger partial charge in [-0.2, -0.15) is 0 Å². The largest absolute Gasteiger partial charge is 0.313 e. The Morgan fingerprint density at radius 3 is 2.67 bits per heavy atom. The predicted molar refractivity (Wildman–Crippen MR) is 56.0 cm³/mol. The van der Waals surface area contributed by atoms with Gasteiger partial charge in [-0.05, 0) is 6.92 Å². The summed E-state index contributed by atoms with van der Waals surface area (Å²) in [6.07, 6.45) is 0. The Labute approximate surface area is 83.4 Å². The van der Waals surface area contributed by atoms with E-state index >= 15 is 0 Å². The smallest absolute Gasteiger partial charge is 0.0836 e. The van der Waals surface area contributed by atoms with E-state index < -0.39 is 0 Å². The van der Waals surface area contributed by atoms with Crippen LogP contribution in [0, 0.1) is 0 Å². The second-order valence-corrected chi connectivity index (χ2v) is 4.84. The zero-order valence-corrected chi connectivity index (χ0v) is 9.59. The van der Waals surface area contributed by atoms with Gasteiger partial charge in [0, 0.05) is 42.0 Å². The van der Waals surface area contributed by atoms with Gasteiger partial charge in [-0.3, -0.25) is 0 Å². The molecule has 0 aromatic heterocycles. The van der Waals surface area contributed by atoms with Gasteiger partial charge in [-0.15, -0.1) is 0 Å². The molecule has 0 amide bonds. The van der Waals surface area contributed by atoms with E-state index in [0.717, 1.165) is 13.1 Å². The minimum Gasteiger partial charge on any atom is -0.313 e. The fourth-order valence-electron chi connectivity index (χ4n) is 0.862. The van der Waals surface area contributed by atoms with Crippen LogP contribution in [0.3, 0.4) is 0 Å². The first kappa shape index (κ1) is 8.48. The molecule has 9 heavy (non-hydrogen) atoms. The zero-order valence-electron chi connectivity index (χ0n) is 5.27. The Morgan fingerprint density at radius 2 is 2.22 bits per heavy atom. The molecule has 1 rings (SSSR count). The van der Waals surface area contributed by atoms with Crippen molar-refractivity contribution in [2.45, 2.75) is 17.0 Å². The van der Waals surface area contributed by atoms with Gasteiger partial charge in [0.25, 0.3) is 0 Å². The SMILES string of the molecule is C[C@@H]1CNC[C@@H](I)N1I. The molecular formula is C5H10I2N2. The molecule has 1 aliphatic heterocycles. The molecule has 0 saturated carbocycles. The van der Waals surface area contributed by atoms with E-state index in [0.29, 0.717) is 10.1 Å². The molecule has 4 heteroatoms. The lowest BCUT2D eigenvalue weighted by Crippen LogP contribution is -2.48. The van der Waals surface area contributed by atoms with Crippen molar-refractivity contribution in [2.24, 2.45) is 0 Å². The van der Waals surface area contributed by atoms with E-state index in [1.807, 2.05) is 0 Å². The normalized spacial score (nSPS) is 39.0. The number of piperazine rings is 1. The fraction of sp³-hybridized carbons (Fsp3) is 1.00. The average Bonchev–Trinajstić information content (AvgIpc) is 1.83. The Morgan fingerprint density at radius 1 is 1.56 bits per heavy atom. The lowest BCUT2D eigenvalue weighted by molar-refractivity contribution is 0.322. The van der Waals surface area contributed by atoms with E-state index in [9.17, 15) is 0 Å². The molecule has 0 radical (unpaired) electrons. The molecule has 0 unspecified atom stereocenters. The summed E-state index contributed by atoms with van der Waals surface area (Å²) in [5.41, 5.74) is 0. The maximum Gasteiger partial charge on any atom is 0.0836 e. The molecule has 2 atom stereocenters. The lowest BCUT2D eigenvalue weighted by Gasteiger charge is -2.32. The molecular weight excluding hydrogens is 342 g/mol. The summed E-state index contributed by atoms with van der Waals surface area (Å²) in [4.78, 5) is 0. The van der Waals surface area contributed by atoms with Gasteiger partial charge in [-0.1, -0.05) is 22.6 Å². The number of nitrogens with zero attached hydrogens (tertiary/aromatic N) is 1. The van der Waals surface area contributed by atoms with Gasteiger partial charge >= 0.3 is 0 Å². The molecule has 0 bridgehead atoms. The number of halogens is 2. The molecule has 0 spiro atoms. The van der Waals surface area contributed by atoms with Crippen molar-refractivity contribution in [3.63, 3.8) is 0 Å². The van der Waals surface area contributed by atoms with Crippen LogP contribution in [0.1, 0.15) is 6.92 Å². The van der Waals surface area contributed by atoms with Crippen molar-refractivity contribution < 1.29 is 0 Å². The average molecular weight is 352 g/mol. The molecule has 1 heterocycles. The van der Waals surface area contributed by atoms with Gasteiger partial charge in [0.1, 0.15) is 0 Å². The second kappa shape index (κ2) is 3.68. The molecule has 1 N–H and O–H groups in total. The highest BCUT2D eigenvalue weighted by atomic mass is 127. The maximum absolute atomic E-state index is 3.36. The van der Waals surface area contributed by atoms with Gasteiger partial charge < -0.3 is 5.32 Å². The molecule has 1 aliphatic rings. The molecule has 0 aromatic carbocycles. The highest BCUT2D eigenvalue weighted by molar-refractivity contribution is 14.1. The van der Waals surface area contributed by atoms with Crippen LogP contribution in [0.2, 0.25) is 0 Å². The first-order chi connectivity index (χ1) is 4.22. The van der Waals surface area contributed by atoms with E-state index in [-0.39, 0.29) is 0 Å². The van der Waals surface area contributed by atoms with Gasteiger partial charge in [0.2, 0.25) is 0 Å². The Bertz CT molecular complexity index is 89.0. The standard InChI is InChI=1S/C5H10I2N2/c1-4-2-8-3-5(6)9(4)7/h4-5,8H,2-3H2,1H3/t4-,5+/m1/s1. The quantitative estimate of drug-likeness (QED) is 0.307. The third kappa shape index (κ3) is 2.16. The van der Waals surface area contributed by atoms with E-state index in [1.54, 1.807) is 0 Å². The molecule has 1 saturated heterocycles. The number of hydrogen-bond acceptors (Lipinski definition) is 2. The van der Waals surface area contributed by atoms with Crippen molar-refractivity contribution >= 4 is 45.5 Å². The Kier molecular flexibility index (Phi) is 3.47. The first-order valence-electron chi connectivity index (χ1n) is 3.00. The van der Waals surface area contributed by atoms with Crippen LogP contribution in [0.4, 0.5) is 0 Å². The third-order valence-corrected chi connectivity index (χ3v) is 5.17. The van der Waals surface area contributed by atoms with Crippen molar-refractivity contribution in [1.29, 1.82) is 0 Å². The summed E-state index contributed by atoms with van der Waals surface area (Å²) in [5.74, 6) is 0. The van der Waals surface area contributed by atoms with Crippen molar-refractivity contribution in [3.8, 4) is 0 Å². The van der Waals surface area contributed by atoms with Crippen LogP contribution >= 0.6 is 45.5 Å². The van der Waals surface area contributed by atoms with Gasteiger partial charge in [0.05, 0.1) is 4.05 Å². The lowest BCUT2D eigenvalue weighted by atomic mass is 10.3. The van der Waals surface area contributed by atoms with E-state index in [1.165, 1.54) is 0 Å². The summed E-state index contributed by atoms with van der Waals surface area (Å²) in [7, 11) is 0. The van der Waals surface area contributed by atoms with Crippen LogP contribution in [-0.4, -0.2) is 26.3 Å². The van der Waals surface area contributed by atoms with E-state index in [4.69, 9.17) is 0 Å². The summed E-state index contributed by atoms with van der Waals surface area (Å²) in [6, 6.07) is 0.682. The van der Waals surface area contributed by atoms with Crippen LogP contribution in [-0.2, 0) is 0 Å². The molecule has 2 nitrogen and oxygen atoms in total. The molecule has 0 aromatic rings. The maximum atomic E-state index is 3.36. The highest BCUT2D eigenvalue weighted by Crippen LogP contribution is 2.19. The number of nitrogens with one attached hydrogen (secondary N) is 1. The van der Waals surface area contributed by atoms with Crippen molar-refractivity contribution in [3.05, 3.63) is 0 Å². The van der Waals surface area contributed by atoms with Gasteiger partial charge in [0.15, 0.2) is 0 Å². The zero-order chi connectivity index (χ0) is 6.85. The number of rotatable bonds is 0. The summed E-state index contributed by atoms with van der Waals surface area (Å²) >= 11 is 4.85. The van der Waals surface area contributed by atoms with Crippen molar-refractivity contribution in [1.82, 2.24) is 8.43 Å². The van der Waals surface area contributed by atoms with Crippen LogP contribution in [0.25, 0.3) is 0 Å². The van der Waals surface area contributed by atoms with Crippen LogP contribution in [0.15, 0.2) is 0 Å². The topological polar surface area (TPSA) is 15.3 Å². The minimum atomic E-state index is 0.659. The van der Waals surface area contributed by atoms with E-state index in [2.05, 4.69) is 60.8 Å². The van der Waals surface area contributed by atoms with Crippen LogP contribution in [0.5, 0.6) is 0 Å². The fourth-order valence-corrected chi connectivity index (χ4v) is 2.12. The Balaban J connectivity index is 2.41. The molecule has 54 valence electrons. The number of alkyl halides is 1. The second-order valence-electron chi connectivity index (χ2n) is 2.29. The summed E-state index contributed by atoms with van der Waals surface area (Å²) in [5, 5.41) is 3.36. The minimum absolute atomic E-state index is 0.659. The van der Waals surface area contributed by atoms with Crippen LogP contribution < -0.4 is 5.32 Å². The highest BCUT2D eigenvalue weighted by Gasteiger charge is 2.22.